The highest BCUT2D eigenvalue weighted by atomic mass is 79.9. The molecule has 2 aromatic rings. The Kier molecular flexibility index (Phi) is 4.50. The third kappa shape index (κ3) is 3.30. The summed E-state index contributed by atoms with van der Waals surface area (Å²) in [5.74, 6) is -0.217. The lowest BCUT2D eigenvalue weighted by atomic mass is 10.2. The number of halogens is 1. The average Bonchev–Trinajstić information content (AvgIpc) is 2.41. The molecule has 0 spiro atoms. The van der Waals surface area contributed by atoms with Crippen LogP contribution in [-0.4, -0.2) is 18.2 Å². The molecule has 19 heavy (non-hydrogen) atoms. The molecule has 0 saturated carbocycles. The molecule has 0 heterocycles. The van der Waals surface area contributed by atoms with Crippen molar-refractivity contribution in [3.05, 3.63) is 52.5 Å². The first-order valence-electron chi connectivity index (χ1n) is 5.45. The molecule has 0 unspecified atom stereocenters. The maximum atomic E-state index is 11.3. The number of carboxylic acid groups (broad SMARTS) is 1. The third-order valence-corrected chi connectivity index (χ3v) is 4.09. The zero-order valence-corrected chi connectivity index (χ0v) is 12.5. The van der Waals surface area contributed by atoms with Gasteiger partial charge in [0.25, 0.3) is 0 Å². The molecule has 0 fully saturated rings. The van der Waals surface area contributed by atoms with Gasteiger partial charge >= 0.3 is 5.97 Å². The maximum Gasteiger partial charge on any atom is 0.336 e. The van der Waals surface area contributed by atoms with Crippen molar-refractivity contribution in [1.82, 2.24) is 0 Å². The third-order valence-electron chi connectivity index (χ3n) is 2.46. The van der Waals surface area contributed by atoms with Crippen molar-refractivity contribution in [3.63, 3.8) is 0 Å². The van der Waals surface area contributed by atoms with Gasteiger partial charge < -0.3 is 9.84 Å². The highest BCUT2D eigenvalue weighted by molar-refractivity contribution is 9.10. The number of para-hydroxylation sites is 1. The molecule has 1 N–H and O–H groups in total. The first-order valence-corrected chi connectivity index (χ1v) is 7.06. The summed E-state index contributed by atoms with van der Waals surface area (Å²) >= 11 is 4.66. The van der Waals surface area contributed by atoms with Gasteiger partial charge in [-0.05, 0) is 30.3 Å². The molecule has 3 nitrogen and oxygen atoms in total. The van der Waals surface area contributed by atoms with Gasteiger partial charge in [0, 0.05) is 9.37 Å². The Balaban J connectivity index is 2.41. The van der Waals surface area contributed by atoms with Crippen LogP contribution in [-0.2, 0) is 0 Å². The number of rotatable bonds is 4. The molecule has 0 aliphatic rings. The van der Waals surface area contributed by atoms with Crippen molar-refractivity contribution in [1.29, 1.82) is 0 Å². The molecular weight excluding hydrogens is 328 g/mol. The van der Waals surface area contributed by atoms with Crippen LogP contribution in [0.5, 0.6) is 5.75 Å². The van der Waals surface area contributed by atoms with E-state index in [2.05, 4.69) is 15.9 Å². The molecular formula is C14H11BrO3S. The van der Waals surface area contributed by atoms with Crippen LogP contribution in [0.25, 0.3) is 0 Å². The van der Waals surface area contributed by atoms with Gasteiger partial charge in [-0.2, -0.15) is 0 Å². The predicted octanol–water partition coefficient (Wildman–Crippen LogP) is 4.31. The summed E-state index contributed by atoms with van der Waals surface area (Å²) in [6.45, 7) is 0. The standard InChI is InChI=1S/C14H11BrO3S/c1-18-11-4-2-3-5-13(11)19-12-7-6-9(15)8-10(12)14(16)17/h2-8H,1H3,(H,16,17). The molecule has 2 rings (SSSR count). The van der Waals surface area contributed by atoms with Crippen LogP contribution in [0.2, 0.25) is 0 Å². The Morgan fingerprint density at radius 1 is 1.21 bits per heavy atom. The van der Waals surface area contributed by atoms with E-state index in [1.165, 1.54) is 11.8 Å². The first kappa shape index (κ1) is 14.0. The van der Waals surface area contributed by atoms with Gasteiger partial charge in [0.15, 0.2) is 0 Å². The van der Waals surface area contributed by atoms with Crippen LogP contribution in [0.15, 0.2) is 56.7 Å². The lowest BCUT2D eigenvalue weighted by Gasteiger charge is -2.09. The van der Waals surface area contributed by atoms with E-state index in [0.717, 1.165) is 15.1 Å². The number of benzene rings is 2. The molecule has 0 bridgehead atoms. The number of hydrogen-bond acceptors (Lipinski definition) is 3. The Morgan fingerprint density at radius 2 is 1.95 bits per heavy atom. The van der Waals surface area contributed by atoms with Crippen molar-refractivity contribution in [2.45, 2.75) is 9.79 Å². The van der Waals surface area contributed by atoms with Crippen LogP contribution in [0, 0.1) is 0 Å². The van der Waals surface area contributed by atoms with Gasteiger partial charge in [0.1, 0.15) is 5.75 Å². The second kappa shape index (κ2) is 6.12. The van der Waals surface area contributed by atoms with E-state index in [4.69, 9.17) is 4.74 Å². The summed E-state index contributed by atoms with van der Waals surface area (Å²) in [4.78, 5) is 12.8. The maximum absolute atomic E-state index is 11.3. The molecule has 98 valence electrons. The highest BCUT2D eigenvalue weighted by Gasteiger charge is 2.13. The molecule has 0 amide bonds. The summed E-state index contributed by atoms with van der Waals surface area (Å²) in [5, 5.41) is 9.23. The topological polar surface area (TPSA) is 46.5 Å². The fraction of sp³-hybridized carbons (Fsp3) is 0.0714. The number of carboxylic acids is 1. The van der Waals surface area contributed by atoms with Gasteiger partial charge in [-0.3, -0.25) is 0 Å². The lowest BCUT2D eigenvalue weighted by molar-refractivity contribution is 0.0693. The second-order valence-corrected chi connectivity index (χ2v) is 5.70. The van der Waals surface area contributed by atoms with Gasteiger partial charge in [0.05, 0.1) is 17.6 Å². The SMILES string of the molecule is COc1ccccc1Sc1ccc(Br)cc1C(=O)O. The number of ether oxygens (including phenoxy) is 1. The van der Waals surface area contributed by atoms with Crippen molar-refractivity contribution < 1.29 is 14.6 Å². The predicted molar refractivity (Wildman–Crippen MR) is 78.2 cm³/mol. The van der Waals surface area contributed by atoms with Crippen LogP contribution in [0.1, 0.15) is 10.4 Å². The molecule has 0 saturated heterocycles. The Morgan fingerprint density at radius 3 is 2.63 bits per heavy atom. The summed E-state index contributed by atoms with van der Waals surface area (Å²) in [6.07, 6.45) is 0. The fourth-order valence-electron chi connectivity index (χ4n) is 1.58. The minimum atomic E-state index is -0.946. The minimum absolute atomic E-state index is 0.269. The van der Waals surface area contributed by atoms with Crippen LogP contribution >= 0.6 is 27.7 Å². The van der Waals surface area contributed by atoms with Gasteiger partial charge in [0.2, 0.25) is 0 Å². The number of hydrogen-bond donors (Lipinski definition) is 1. The van der Waals surface area contributed by atoms with Crippen molar-refractivity contribution in [3.8, 4) is 5.75 Å². The van der Waals surface area contributed by atoms with E-state index in [-0.39, 0.29) is 5.56 Å². The van der Waals surface area contributed by atoms with Crippen LogP contribution in [0.4, 0.5) is 0 Å². The Hall–Kier alpha value is -1.46. The summed E-state index contributed by atoms with van der Waals surface area (Å²) in [7, 11) is 1.60. The lowest BCUT2D eigenvalue weighted by Crippen LogP contribution is -1.98. The highest BCUT2D eigenvalue weighted by Crippen LogP contribution is 2.37. The normalized spacial score (nSPS) is 10.2. The van der Waals surface area contributed by atoms with E-state index < -0.39 is 5.97 Å². The van der Waals surface area contributed by atoms with E-state index in [1.54, 1.807) is 19.2 Å². The zero-order valence-electron chi connectivity index (χ0n) is 10.1. The smallest absolute Gasteiger partial charge is 0.336 e. The number of carbonyl (C=O) groups is 1. The van der Waals surface area contributed by atoms with Crippen molar-refractivity contribution in [2.24, 2.45) is 0 Å². The molecule has 5 heteroatoms. The second-order valence-electron chi connectivity index (χ2n) is 3.70. The molecule has 0 aliphatic heterocycles. The number of aromatic carboxylic acids is 1. The van der Waals surface area contributed by atoms with E-state index >= 15 is 0 Å². The molecule has 0 aliphatic carbocycles. The summed E-state index contributed by atoms with van der Waals surface area (Å²) in [5.41, 5.74) is 0.269. The zero-order chi connectivity index (χ0) is 13.8. The van der Waals surface area contributed by atoms with E-state index in [9.17, 15) is 9.90 Å². The van der Waals surface area contributed by atoms with Gasteiger partial charge in [-0.15, -0.1) is 0 Å². The summed E-state index contributed by atoms with van der Waals surface area (Å²) in [6, 6.07) is 12.7. The van der Waals surface area contributed by atoms with Crippen LogP contribution < -0.4 is 4.74 Å². The van der Waals surface area contributed by atoms with Crippen LogP contribution in [0.3, 0.4) is 0 Å². The van der Waals surface area contributed by atoms with Gasteiger partial charge in [-0.1, -0.05) is 39.8 Å². The largest absolute Gasteiger partial charge is 0.496 e. The molecule has 2 aromatic carbocycles. The van der Waals surface area contributed by atoms with Crippen molar-refractivity contribution >= 4 is 33.7 Å². The fourth-order valence-corrected chi connectivity index (χ4v) is 2.97. The Bertz CT molecular complexity index is 613. The Labute approximate surface area is 123 Å². The quantitative estimate of drug-likeness (QED) is 0.902. The molecule has 0 aromatic heterocycles. The van der Waals surface area contributed by atoms with E-state index in [1.807, 2.05) is 30.3 Å². The minimum Gasteiger partial charge on any atom is -0.496 e. The number of methoxy groups -OCH3 is 1. The molecule has 0 radical (unpaired) electrons. The van der Waals surface area contributed by atoms with Gasteiger partial charge in [-0.25, -0.2) is 4.79 Å². The monoisotopic (exact) mass is 338 g/mol. The first-order chi connectivity index (χ1) is 9.11. The molecule has 0 atom stereocenters. The van der Waals surface area contributed by atoms with E-state index in [0.29, 0.717) is 4.90 Å². The average molecular weight is 339 g/mol. The summed E-state index contributed by atoms with van der Waals surface area (Å²) < 4.78 is 6.01. The van der Waals surface area contributed by atoms with Crippen molar-refractivity contribution in [2.75, 3.05) is 7.11 Å².